The fourth-order valence-electron chi connectivity index (χ4n) is 1.96. The maximum atomic E-state index is 8.70. The van der Waals surface area contributed by atoms with Gasteiger partial charge in [0.25, 0.3) is 0 Å². The molecule has 2 heterocycles. The van der Waals surface area contributed by atoms with Gasteiger partial charge in [0.05, 0.1) is 17.7 Å². The van der Waals surface area contributed by atoms with Crippen LogP contribution in [-0.2, 0) is 6.54 Å². The van der Waals surface area contributed by atoms with Crippen molar-refractivity contribution in [1.82, 2.24) is 4.98 Å². The molecule has 92 valence electrons. The first kappa shape index (κ1) is 11.3. The monoisotopic (exact) mass is 249 g/mol. The van der Waals surface area contributed by atoms with Gasteiger partial charge in [-0.1, -0.05) is 18.2 Å². The summed E-state index contributed by atoms with van der Waals surface area (Å²) >= 11 is 0. The number of anilines is 1. The third kappa shape index (κ3) is 2.26. The van der Waals surface area contributed by atoms with Gasteiger partial charge in [0, 0.05) is 11.6 Å². The van der Waals surface area contributed by atoms with E-state index < -0.39 is 0 Å². The van der Waals surface area contributed by atoms with Gasteiger partial charge in [0.2, 0.25) is 5.76 Å². The van der Waals surface area contributed by atoms with Crippen molar-refractivity contribution in [2.75, 3.05) is 5.32 Å². The lowest BCUT2D eigenvalue weighted by Crippen LogP contribution is -1.99. The van der Waals surface area contributed by atoms with Gasteiger partial charge >= 0.3 is 0 Å². The summed E-state index contributed by atoms with van der Waals surface area (Å²) in [6.07, 6.45) is 1.77. The van der Waals surface area contributed by atoms with E-state index in [1.807, 2.05) is 36.4 Å². The van der Waals surface area contributed by atoms with Crippen LogP contribution in [0.3, 0.4) is 0 Å². The number of aromatic nitrogens is 1. The van der Waals surface area contributed by atoms with Crippen LogP contribution in [0.5, 0.6) is 0 Å². The summed E-state index contributed by atoms with van der Waals surface area (Å²) in [5.41, 5.74) is 1.88. The summed E-state index contributed by atoms with van der Waals surface area (Å²) in [4.78, 5) is 4.37. The topological polar surface area (TPSA) is 61.9 Å². The maximum Gasteiger partial charge on any atom is 0.203 e. The first-order valence-electron chi connectivity index (χ1n) is 5.93. The second-order valence-corrected chi connectivity index (χ2v) is 4.11. The number of para-hydroxylation sites is 1. The van der Waals surface area contributed by atoms with Crippen LogP contribution in [0.1, 0.15) is 11.5 Å². The smallest absolute Gasteiger partial charge is 0.203 e. The zero-order chi connectivity index (χ0) is 13.1. The molecule has 2 aromatic heterocycles. The standard InChI is InChI=1S/C15H11N3O/c16-9-12-6-7-13(19-12)10-18-14-5-1-3-11-4-2-8-17-15(11)14/h1-8,18H,10H2. The Kier molecular flexibility index (Phi) is 2.87. The molecule has 0 aliphatic heterocycles. The van der Waals surface area contributed by atoms with Crippen molar-refractivity contribution in [3.63, 3.8) is 0 Å². The summed E-state index contributed by atoms with van der Waals surface area (Å²) in [6.45, 7) is 0.525. The quantitative estimate of drug-likeness (QED) is 0.773. The number of hydrogen-bond acceptors (Lipinski definition) is 4. The number of benzene rings is 1. The largest absolute Gasteiger partial charge is 0.449 e. The van der Waals surface area contributed by atoms with Gasteiger partial charge in [-0.2, -0.15) is 5.26 Å². The molecule has 0 amide bonds. The Bertz CT molecular complexity index is 750. The van der Waals surface area contributed by atoms with Crippen molar-refractivity contribution < 1.29 is 4.42 Å². The number of fused-ring (bicyclic) bond motifs is 1. The molecule has 4 nitrogen and oxygen atoms in total. The first-order valence-corrected chi connectivity index (χ1v) is 5.93. The van der Waals surface area contributed by atoms with Crippen molar-refractivity contribution in [3.8, 4) is 6.07 Å². The Morgan fingerprint density at radius 2 is 2.05 bits per heavy atom. The highest BCUT2D eigenvalue weighted by molar-refractivity contribution is 5.90. The Hall–Kier alpha value is -2.80. The lowest BCUT2D eigenvalue weighted by Gasteiger charge is -2.07. The molecule has 0 radical (unpaired) electrons. The third-order valence-electron chi connectivity index (χ3n) is 2.86. The van der Waals surface area contributed by atoms with Crippen LogP contribution in [0, 0.1) is 11.3 Å². The lowest BCUT2D eigenvalue weighted by atomic mass is 10.2. The van der Waals surface area contributed by atoms with Crippen LogP contribution in [-0.4, -0.2) is 4.98 Å². The lowest BCUT2D eigenvalue weighted by molar-refractivity contribution is 0.506. The number of pyridine rings is 1. The molecule has 0 saturated carbocycles. The van der Waals surface area contributed by atoms with Crippen molar-refractivity contribution >= 4 is 16.6 Å². The van der Waals surface area contributed by atoms with E-state index in [-0.39, 0.29) is 0 Å². The molecular weight excluding hydrogens is 238 g/mol. The molecule has 0 fully saturated rings. The van der Waals surface area contributed by atoms with Crippen molar-refractivity contribution in [1.29, 1.82) is 5.26 Å². The normalized spacial score (nSPS) is 10.3. The van der Waals surface area contributed by atoms with Crippen molar-refractivity contribution in [2.24, 2.45) is 0 Å². The van der Waals surface area contributed by atoms with E-state index in [2.05, 4.69) is 10.3 Å². The highest BCUT2D eigenvalue weighted by Gasteiger charge is 2.04. The van der Waals surface area contributed by atoms with E-state index in [1.165, 1.54) is 0 Å². The number of hydrogen-bond donors (Lipinski definition) is 1. The van der Waals surface area contributed by atoms with Gasteiger partial charge in [-0.15, -0.1) is 0 Å². The Balaban J connectivity index is 1.84. The molecule has 19 heavy (non-hydrogen) atoms. The average Bonchev–Trinajstić information content (AvgIpc) is 2.93. The van der Waals surface area contributed by atoms with Gasteiger partial charge in [-0.05, 0) is 24.3 Å². The number of rotatable bonds is 3. The molecular formula is C15H11N3O. The molecule has 3 aromatic rings. The fraction of sp³-hybridized carbons (Fsp3) is 0.0667. The minimum Gasteiger partial charge on any atom is -0.449 e. The highest BCUT2D eigenvalue weighted by Crippen LogP contribution is 2.21. The summed E-state index contributed by atoms with van der Waals surface area (Å²) in [7, 11) is 0. The maximum absolute atomic E-state index is 8.70. The molecule has 1 N–H and O–H groups in total. The molecule has 0 saturated heterocycles. The molecule has 0 aliphatic carbocycles. The summed E-state index contributed by atoms with van der Waals surface area (Å²) in [5.74, 6) is 1.05. The van der Waals surface area contributed by atoms with E-state index >= 15 is 0 Å². The van der Waals surface area contributed by atoms with Crippen LogP contribution >= 0.6 is 0 Å². The van der Waals surface area contributed by atoms with E-state index in [1.54, 1.807) is 18.3 Å². The van der Waals surface area contributed by atoms with Gasteiger partial charge < -0.3 is 9.73 Å². The Morgan fingerprint density at radius 1 is 1.16 bits per heavy atom. The number of furan rings is 1. The van der Waals surface area contributed by atoms with E-state index in [4.69, 9.17) is 9.68 Å². The molecule has 0 spiro atoms. The van der Waals surface area contributed by atoms with E-state index in [9.17, 15) is 0 Å². The summed E-state index contributed by atoms with van der Waals surface area (Å²) < 4.78 is 5.32. The molecule has 0 aliphatic rings. The van der Waals surface area contributed by atoms with E-state index in [0.29, 0.717) is 12.3 Å². The minimum atomic E-state index is 0.327. The molecule has 1 aromatic carbocycles. The highest BCUT2D eigenvalue weighted by atomic mass is 16.3. The number of nitriles is 1. The molecule has 3 rings (SSSR count). The summed E-state index contributed by atoms with van der Waals surface area (Å²) in [5, 5.41) is 13.1. The SMILES string of the molecule is N#Cc1ccc(CNc2cccc3cccnc23)o1. The second kappa shape index (κ2) is 4.83. The number of nitrogens with one attached hydrogen (secondary N) is 1. The Morgan fingerprint density at radius 3 is 2.89 bits per heavy atom. The van der Waals surface area contributed by atoms with Crippen molar-refractivity contribution in [2.45, 2.75) is 6.54 Å². The zero-order valence-corrected chi connectivity index (χ0v) is 10.1. The van der Waals surface area contributed by atoms with Crippen LogP contribution < -0.4 is 5.32 Å². The third-order valence-corrected chi connectivity index (χ3v) is 2.86. The predicted molar refractivity (Wildman–Crippen MR) is 72.5 cm³/mol. The van der Waals surface area contributed by atoms with Crippen molar-refractivity contribution in [3.05, 3.63) is 60.2 Å². The fourth-order valence-corrected chi connectivity index (χ4v) is 1.96. The second-order valence-electron chi connectivity index (χ2n) is 4.11. The van der Waals surface area contributed by atoms with Gasteiger partial charge in [0.15, 0.2) is 0 Å². The molecule has 0 atom stereocenters. The predicted octanol–water partition coefficient (Wildman–Crippen LogP) is 3.31. The van der Waals surface area contributed by atoms with Crippen LogP contribution in [0.4, 0.5) is 5.69 Å². The van der Waals surface area contributed by atoms with Gasteiger partial charge in [-0.25, -0.2) is 0 Å². The van der Waals surface area contributed by atoms with Crippen LogP contribution in [0.15, 0.2) is 53.1 Å². The van der Waals surface area contributed by atoms with Crippen LogP contribution in [0.25, 0.3) is 10.9 Å². The molecule has 0 unspecified atom stereocenters. The zero-order valence-electron chi connectivity index (χ0n) is 10.1. The van der Waals surface area contributed by atoms with E-state index in [0.717, 1.165) is 22.4 Å². The number of nitrogens with zero attached hydrogens (tertiary/aromatic N) is 2. The Labute approximate surface area is 110 Å². The molecule has 0 bridgehead atoms. The van der Waals surface area contributed by atoms with Crippen LogP contribution in [0.2, 0.25) is 0 Å². The van der Waals surface area contributed by atoms with Gasteiger partial charge in [-0.3, -0.25) is 4.98 Å². The average molecular weight is 249 g/mol. The first-order chi connectivity index (χ1) is 9.36. The summed E-state index contributed by atoms with van der Waals surface area (Å²) in [6, 6.07) is 15.3. The van der Waals surface area contributed by atoms with Gasteiger partial charge in [0.1, 0.15) is 11.8 Å². The molecule has 4 heteroatoms. The minimum absolute atomic E-state index is 0.327.